The van der Waals surface area contributed by atoms with Crippen LogP contribution < -0.4 is 4.90 Å². The zero-order valence-electron chi connectivity index (χ0n) is 8.93. The minimum atomic E-state index is -2.90. The van der Waals surface area contributed by atoms with Gasteiger partial charge in [0.15, 0.2) is 9.84 Å². The van der Waals surface area contributed by atoms with Gasteiger partial charge in [-0.1, -0.05) is 11.6 Å². The molecule has 0 spiro atoms. The van der Waals surface area contributed by atoms with Crippen LogP contribution in [0.1, 0.15) is 6.92 Å². The third-order valence-electron chi connectivity index (χ3n) is 2.81. The van der Waals surface area contributed by atoms with Crippen LogP contribution in [0.25, 0.3) is 0 Å². The zero-order chi connectivity index (χ0) is 11.8. The first kappa shape index (κ1) is 11.7. The summed E-state index contributed by atoms with van der Waals surface area (Å²) in [7, 11) is -2.90. The van der Waals surface area contributed by atoms with Gasteiger partial charge in [0, 0.05) is 25.0 Å². The molecule has 1 aliphatic heterocycles. The number of pyridine rings is 1. The van der Waals surface area contributed by atoms with Crippen LogP contribution in [-0.2, 0) is 9.84 Å². The van der Waals surface area contributed by atoms with Gasteiger partial charge in [0.2, 0.25) is 0 Å². The Hall–Kier alpha value is -0.810. The van der Waals surface area contributed by atoms with Crippen LogP contribution in [0, 0.1) is 0 Å². The van der Waals surface area contributed by atoms with E-state index in [1.54, 1.807) is 19.2 Å². The molecule has 1 atom stereocenters. The Labute approximate surface area is 100 Å². The number of halogens is 1. The summed E-state index contributed by atoms with van der Waals surface area (Å²) in [5, 5.41) is 0.103. The number of nitrogens with zero attached hydrogens (tertiary/aromatic N) is 2. The van der Waals surface area contributed by atoms with Crippen LogP contribution in [0.2, 0.25) is 5.15 Å². The summed E-state index contributed by atoms with van der Waals surface area (Å²) in [6.07, 6.45) is 1.63. The van der Waals surface area contributed by atoms with Crippen molar-refractivity contribution in [2.45, 2.75) is 12.2 Å². The van der Waals surface area contributed by atoms with Crippen molar-refractivity contribution in [2.24, 2.45) is 0 Å². The molecule has 1 unspecified atom stereocenters. The van der Waals surface area contributed by atoms with Gasteiger partial charge in [0.1, 0.15) is 5.15 Å². The Morgan fingerprint density at radius 2 is 2.31 bits per heavy atom. The van der Waals surface area contributed by atoms with E-state index in [1.165, 1.54) is 0 Å². The van der Waals surface area contributed by atoms with Gasteiger partial charge in [-0.3, -0.25) is 0 Å². The molecule has 0 bridgehead atoms. The highest BCUT2D eigenvalue weighted by atomic mass is 35.5. The van der Waals surface area contributed by atoms with Gasteiger partial charge in [0.25, 0.3) is 0 Å². The van der Waals surface area contributed by atoms with Gasteiger partial charge >= 0.3 is 0 Å². The Balaban J connectivity index is 2.20. The minimum absolute atomic E-state index is 0.202. The van der Waals surface area contributed by atoms with Crippen LogP contribution in [0.4, 0.5) is 5.69 Å². The quantitative estimate of drug-likeness (QED) is 0.716. The van der Waals surface area contributed by atoms with E-state index in [0.29, 0.717) is 18.2 Å². The fraction of sp³-hybridized carbons (Fsp3) is 0.500. The van der Waals surface area contributed by atoms with E-state index in [-0.39, 0.29) is 11.0 Å². The number of anilines is 1. The van der Waals surface area contributed by atoms with Crippen molar-refractivity contribution in [3.8, 4) is 0 Å². The molecule has 1 fully saturated rings. The maximum Gasteiger partial charge on any atom is 0.156 e. The average molecular weight is 261 g/mol. The Bertz CT molecular complexity index is 489. The smallest absolute Gasteiger partial charge is 0.156 e. The lowest BCUT2D eigenvalue weighted by atomic mass is 10.3. The Morgan fingerprint density at radius 1 is 1.56 bits per heavy atom. The summed E-state index contributed by atoms with van der Waals surface area (Å²) in [4.78, 5) is 5.93. The first-order valence-electron chi connectivity index (χ1n) is 5.07. The third kappa shape index (κ3) is 2.30. The van der Waals surface area contributed by atoms with Gasteiger partial charge in [-0.2, -0.15) is 0 Å². The van der Waals surface area contributed by atoms with Gasteiger partial charge < -0.3 is 4.90 Å². The lowest BCUT2D eigenvalue weighted by molar-refractivity contribution is 0.569. The molecular formula is C10H13ClN2O2S. The maximum absolute atomic E-state index is 11.6. The standard InChI is InChI=1S/C10H13ClN2O2S/c1-8-7-13(4-5-16(8,14)15)9-2-3-12-10(11)6-9/h2-3,6,8H,4-5,7H2,1H3. The Kier molecular flexibility index (Phi) is 3.08. The third-order valence-corrected chi connectivity index (χ3v) is 5.15. The van der Waals surface area contributed by atoms with E-state index in [0.717, 1.165) is 5.69 Å². The molecule has 0 radical (unpaired) electrons. The van der Waals surface area contributed by atoms with Gasteiger partial charge in [-0.05, 0) is 19.1 Å². The number of aromatic nitrogens is 1. The summed E-state index contributed by atoms with van der Waals surface area (Å²) in [6.45, 7) is 2.78. The molecule has 4 nitrogen and oxygen atoms in total. The highest BCUT2D eigenvalue weighted by Crippen LogP contribution is 2.21. The van der Waals surface area contributed by atoms with Crippen molar-refractivity contribution >= 4 is 27.1 Å². The second kappa shape index (κ2) is 4.22. The molecule has 6 heteroatoms. The van der Waals surface area contributed by atoms with Gasteiger partial charge in [0.05, 0.1) is 11.0 Å². The van der Waals surface area contributed by atoms with Gasteiger partial charge in [-0.25, -0.2) is 13.4 Å². The molecule has 2 heterocycles. The van der Waals surface area contributed by atoms with Crippen LogP contribution in [0.15, 0.2) is 18.3 Å². The normalized spacial score (nSPS) is 24.4. The highest BCUT2D eigenvalue weighted by molar-refractivity contribution is 7.92. The molecule has 1 aromatic rings. The summed E-state index contributed by atoms with van der Waals surface area (Å²) in [6, 6.07) is 3.60. The predicted octanol–water partition coefficient (Wildman–Crippen LogP) is 1.36. The lowest BCUT2D eigenvalue weighted by Gasteiger charge is -2.32. The van der Waals surface area contributed by atoms with Crippen molar-refractivity contribution in [3.63, 3.8) is 0 Å². The molecule has 16 heavy (non-hydrogen) atoms. The molecule has 1 aliphatic rings. The predicted molar refractivity (Wildman–Crippen MR) is 64.7 cm³/mol. The van der Waals surface area contributed by atoms with E-state index in [1.807, 2.05) is 11.0 Å². The van der Waals surface area contributed by atoms with E-state index in [2.05, 4.69) is 4.98 Å². The summed E-state index contributed by atoms with van der Waals surface area (Å²) in [5.74, 6) is 0.202. The molecule has 0 amide bonds. The van der Waals surface area contributed by atoms with Crippen LogP contribution in [0.5, 0.6) is 0 Å². The fourth-order valence-electron chi connectivity index (χ4n) is 1.78. The molecule has 1 aromatic heterocycles. The SMILES string of the molecule is CC1CN(c2ccnc(Cl)c2)CCS1(=O)=O. The number of hydrogen-bond acceptors (Lipinski definition) is 4. The van der Waals surface area contributed by atoms with Crippen LogP contribution >= 0.6 is 11.6 Å². The van der Waals surface area contributed by atoms with Crippen molar-refractivity contribution in [3.05, 3.63) is 23.5 Å². The first-order chi connectivity index (χ1) is 7.49. The van der Waals surface area contributed by atoms with Crippen LogP contribution in [0.3, 0.4) is 0 Å². The minimum Gasteiger partial charge on any atom is -0.369 e. The molecule has 0 saturated carbocycles. The molecule has 88 valence electrons. The molecule has 0 N–H and O–H groups in total. The second-order valence-corrected chi connectivity index (χ2v) is 6.89. The number of rotatable bonds is 1. The number of hydrogen-bond donors (Lipinski definition) is 0. The van der Waals surface area contributed by atoms with E-state index in [4.69, 9.17) is 11.6 Å². The summed E-state index contributed by atoms with van der Waals surface area (Å²) in [5.41, 5.74) is 0.932. The summed E-state index contributed by atoms with van der Waals surface area (Å²) >= 11 is 5.80. The number of sulfone groups is 1. The van der Waals surface area contributed by atoms with Crippen LogP contribution in [-0.4, -0.2) is 37.5 Å². The maximum atomic E-state index is 11.6. The largest absolute Gasteiger partial charge is 0.369 e. The van der Waals surface area contributed by atoms with Gasteiger partial charge in [-0.15, -0.1) is 0 Å². The molecule has 2 rings (SSSR count). The van der Waals surface area contributed by atoms with E-state index in [9.17, 15) is 8.42 Å². The highest BCUT2D eigenvalue weighted by Gasteiger charge is 2.29. The molecule has 0 aromatic carbocycles. The van der Waals surface area contributed by atoms with Crippen molar-refractivity contribution in [1.82, 2.24) is 4.98 Å². The first-order valence-corrected chi connectivity index (χ1v) is 7.16. The average Bonchev–Trinajstić information content (AvgIpc) is 2.22. The van der Waals surface area contributed by atoms with E-state index < -0.39 is 9.84 Å². The lowest BCUT2D eigenvalue weighted by Crippen LogP contribution is -2.45. The second-order valence-electron chi connectivity index (χ2n) is 3.96. The van der Waals surface area contributed by atoms with E-state index >= 15 is 0 Å². The summed E-state index contributed by atoms with van der Waals surface area (Å²) < 4.78 is 23.1. The molecule has 1 saturated heterocycles. The topological polar surface area (TPSA) is 50.3 Å². The zero-order valence-corrected chi connectivity index (χ0v) is 10.5. The fourth-order valence-corrected chi connectivity index (χ4v) is 3.23. The monoisotopic (exact) mass is 260 g/mol. The van der Waals surface area contributed by atoms with Crippen molar-refractivity contribution < 1.29 is 8.42 Å². The Morgan fingerprint density at radius 3 is 2.94 bits per heavy atom. The van der Waals surface area contributed by atoms with Crippen molar-refractivity contribution in [1.29, 1.82) is 0 Å². The molecule has 0 aliphatic carbocycles. The molecular weight excluding hydrogens is 248 g/mol. The van der Waals surface area contributed by atoms with Crippen molar-refractivity contribution in [2.75, 3.05) is 23.7 Å².